The summed E-state index contributed by atoms with van der Waals surface area (Å²) in [6.45, 7) is -0.564. The predicted octanol–water partition coefficient (Wildman–Crippen LogP) is 3.88. The highest BCUT2D eigenvalue weighted by Crippen LogP contribution is 2.36. The Labute approximate surface area is 219 Å². The third-order valence-corrected chi connectivity index (χ3v) is 7.40. The molecule has 37 heavy (non-hydrogen) atoms. The van der Waals surface area contributed by atoms with Gasteiger partial charge in [-0.05, 0) is 25.3 Å². The molecule has 9 nitrogen and oxygen atoms in total. The van der Waals surface area contributed by atoms with Crippen molar-refractivity contribution in [3.63, 3.8) is 0 Å². The van der Waals surface area contributed by atoms with E-state index in [2.05, 4.69) is 26.6 Å². The number of nitrogens with one attached hydrogen (secondary N) is 2. The van der Waals surface area contributed by atoms with E-state index in [0.29, 0.717) is 19.4 Å². The molecule has 2 atom stereocenters. The van der Waals surface area contributed by atoms with Crippen LogP contribution in [0, 0.1) is 16.0 Å². The lowest BCUT2D eigenvalue weighted by molar-refractivity contribution is -0.384. The molecule has 3 saturated heterocycles. The Morgan fingerprint density at radius 2 is 1.86 bits per heavy atom. The number of amides is 2. The first kappa shape index (κ1) is 27.6. The van der Waals surface area contributed by atoms with E-state index >= 15 is 0 Å². The number of carbonyl (C=O) groups is 2. The fourth-order valence-electron chi connectivity index (χ4n) is 5.23. The molecule has 0 radical (unpaired) electrons. The molecule has 1 aromatic carbocycles. The minimum Gasteiger partial charge on any atom is -0.374 e. The smallest absolute Gasteiger partial charge is 0.294 e. The number of alkyl halides is 4. The molecule has 0 aliphatic carbocycles. The van der Waals surface area contributed by atoms with E-state index in [1.54, 1.807) is 0 Å². The molecule has 2 amide bonds. The maximum Gasteiger partial charge on any atom is 0.294 e. The van der Waals surface area contributed by atoms with Gasteiger partial charge < -0.3 is 20.4 Å². The lowest BCUT2D eigenvalue weighted by Gasteiger charge is -2.38. The lowest BCUT2D eigenvalue weighted by atomic mass is 9.94. The van der Waals surface area contributed by atoms with Crippen molar-refractivity contribution in [2.75, 3.05) is 44.6 Å². The first-order valence-corrected chi connectivity index (χ1v) is 12.9. The number of nitro benzene ring substituents is 1. The fraction of sp³-hybridized carbons (Fsp3) is 0.652. The standard InChI is InChI=1S/C23H28BrF4N5O4/c24-15-7-17(21(35)32-6-2-4-22(25,26)13-32)19(18(8-15)33(36)37)30-16-3-1-5-31(11-16)20(34)14-9-23(27,28)12-29-10-14/h7-8,14,16,29-30H,1-6,9-13H2/t14-,16-/m1/s1. The van der Waals surface area contributed by atoms with Gasteiger partial charge in [-0.2, -0.15) is 0 Å². The van der Waals surface area contributed by atoms with Crippen molar-refractivity contribution in [3.05, 3.63) is 32.3 Å². The molecule has 0 bridgehead atoms. The quantitative estimate of drug-likeness (QED) is 0.305. The Morgan fingerprint density at radius 3 is 2.54 bits per heavy atom. The second kappa shape index (κ2) is 10.7. The summed E-state index contributed by atoms with van der Waals surface area (Å²) in [5.41, 5.74) is -0.656. The topological polar surface area (TPSA) is 108 Å². The largest absolute Gasteiger partial charge is 0.374 e. The molecule has 4 rings (SSSR count). The number of benzene rings is 1. The van der Waals surface area contributed by atoms with Gasteiger partial charge in [-0.25, -0.2) is 17.6 Å². The second-order valence-corrected chi connectivity index (χ2v) is 10.9. The van der Waals surface area contributed by atoms with Gasteiger partial charge in [0.15, 0.2) is 0 Å². The van der Waals surface area contributed by atoms with Crippen LogP contribution < -0.4 is 10.6 Å². The number of hydrogen-bond donors (Lipinski definition) is 2. The number of halogens is 5. The Bertz CT molecular complexity index is 1080. The lowest BCUT2D eigenvalue weighted by Crippen LogP contribution is -2.53. The summed E-state index contributed by atoms with van der Waals surface area (Å²) in [7, 11) is 0. The van der Waals surface area contributed by atoms with Gasteiger partial charge in [0, 0.05) is 55.6 Å². The minimum atomic E-state index is -3.05. The van der Waals surface area contributed by atoms with Gasteiger partial charge >= 0.3 is 0 Å². The third kappa shape index (κ3) is 6.51. The Kier molecular flexibility index (Phi) is 7.98. The number of nitrogens with zero attached hydrogens (tertiary/aromatic N) is 3. The first-order valence-electron chi connectivity index (χ1n) is 12.1. The first-order chi connectivity index (χ1) is 17.3. The zero-order valence-corrected chi connectivity index (χ0v) is 21.5. The van der Waals surface area contributed by atoms with E-state index in [-0.39, 0.29) is 48.2 Å². The highest BCUT2D eigenvalue weighted by atomic mass is 79.9. The zero-order chi connectivity index (χ0) is 27.0. The molecule has 3 aliphatic heterocycles. The van der Waals surface area contributed by atoms with Gasteiger partial charge in [-0.1, -0.05) is 15.9 Å². The summed E-state index contributed by atoms with van der Waals surface area (Å²) >= 11 is 3.17. The highest BCUT2D eigenvalue weighted by Gasteiger charge is 2.42. The minimum absolute atomic E-state index is 0.0972. The van der Waals surface area contributed by atoms with Crippen LogP contribution in [0.1, 0.15) is 42.5 Å². The maximum atomic E-state index is 14.0. The van der Waals surface area contributed by atoms with Crippen molar-refractivity contribution in [2.24, 2.45) is 5.92 Å². The average Bonchev–Trinajstić information content (AvgIpc) is 2.82. The molecule has 204 valence electrons. The highest BCUT2D eigenvalue weighted by molar-refractivity contribution is 9.10. The Morgan fingerprint density at radius 1 is 1.14 bits per heavy atom. The molecule has 3 fully saturated rings. The summed E-state index contributed by atoms with van der Waals surface area (Å²) in [5.74, 6) is -8.09. The van der Waals surface area contributed by atoms with Crippen LogP contribution in [0.15, 0.2) is 16.6 Å². The van der Waals surface area contributed by atoms with Gasteiger partial charge in [-0.15, -0.1) is 0 Å². The Balaban J connectivity index is 1.56. The number of nitro groups is 1. The third-order valence-electron chi connectivity index (χ3n) is 6.94. The number of anilines is 1. The number of piperidine rings is 3. The van der Waals surface area contributed by atoms with Crippen molar-refractivity contribution >= 4 is 39.1 Å². The van der Waals surface area contributed by atoms with Gasteiger partial charge in [0.1, 0.15) is 5.69 Å². The maximum absolute atomic E-state index is 14.0. The van der Waals surface area contributed by atoms with Crippen LogP contribution in [0.25, 0.3) is 0 Å². The molecule has 3 aliphatic rings. The van der Waals surface area contributed by atoms with Gasteiger partial charge in [0.2, 0.25) is 5.91 Å². The van der Waals surface area contributed by atoms with Gasteiger partial charge in [-0.3, -0.25) is 19.7 Å². The van der Waals surface area contributed by atoms with Gasteiger partial charge in [0.05, 0.1) is 29.5 Å². The molecule has 1 aromatic rings. The zero-order valence-electron chi connectivity index (χ0n) is 20.0. The molecule has 3 heterocycles. The van der Waals surface area contributed by atoms with Crippen molar-refractivity contribution in [3.8, 4) is 0 Å². The van der Waals surface area contributed by atoms with E-state index in [1.807, 2.05) is 0 Å². The molecule has 0 unspecified atom stereocenters. The van der Waals surface area contributed by atoms with Crippen LogP contribution in [-0.4, -0.2) is 83.7 Å². The average molecular weight is 594 g/mol. The van der Waals surface area contributed by atoms with Crippen molar-refractivity contribution in [1.82, 2.24) is 15.1 Å². The van der Waals surface area contributed by atoms with Crippen LogP contribution in [0.2, 0.25) is 0 Å². The van der Waals surface area contributed by atoms with Crippen LogP contribution in [-0.2, 0) is 4.79 Å². The van der Waals surface area contributed by atoms with Crippen LogP contribution in [0.5, 0.6) is 0 Å². The normalized spacial score (nSPS) is 25.4. The number of rotatable bonds is 5. The fourth-order valence-corrected chi connectivity index (χ4v) is 5.68. The number of carbonyl (C=O) groups excluding carboxylic acids is 2. The van der Waals surface area contributed by atoms with Crippen molar-refractivity contribution in [1.29, 1.82) is 0 Å². The molecular weight excluding hydrogens is 566 g/mol. The van der Waals surface area contributed by atoms with E-state index in [1.165, 1.54) is 17.0 Å². The van der Waals surface area contributed by atoms with E-state index < -0.39 is 65.7 Å². The van der Waals surface area contributed by atoms with Gasteiger partial charge in [0.25, 0.3) is 23.4 Å². The van der Waals surface area contributed by atoms with Crippen LogP contribution >= 0.6 is 15.9 Å². The number of hydrogen-bond acceptors (Lipinski definition) is 6. The molecule has 0 aromatic heterocycles. The summed E-state index contributed by atoms with van der Waals surface area (Å²) in [4.78, 5) is 39.9. The number of likely N-dealkylation sites (tertiary alicyclic amines) is 2. The van der Waals surface area contributed by atoms with E-state index in [4.69, 9.17) is 0 Å². The molecule has 0 saturated carbocycles. The van der Waals surface area contributed by atoms with Crippen molar-refractivity contribution in [2.45, 2.75) is 50.0 Å². The summed E-state index contributed by atoms with van der Waals surface area (Å²) in [6, 6.07) is 2.06. The molecule has 14 heteroatoms. The summed E-state index contributed by atoms with van der Waals surface area (Å²) in [5, 5.41) is 17.5. The van der Waals surface area contributed by atoms with E-state index in [0.717, 1.165) is 4.90 Å². The SMILES string of the molecule is O=C(c1cc(Br)cc([N+](=O)[O-])c1N[C@@H]1CCCN(C(=O)[C@H]2CNCC(F)(F)C2)C1)N1CCCC(F)(F)C1. The summed E-state index contributed by atoms with van der Waals surface area (Å²) < 4.78 is 55.9. The molecular formula is C23H28BrF4N5O4. The monoisotopic (exact) mass is 593 g/mol. The second-order valence-electron chi connectivity index (χ2n) is 9.95. The van der Waals surface area contributed by atoms with Crippen LogP contribution in [0.4, 0.5) is 28.9 Å². The Hall–Kier alpha value is -2.48. The van der Waals surface area contributed by atoms with Crippen molar-refractivity contribution < 1.29 is 32.1 Å². The summed E-state index contributed by atoms with van der Waals surface area (Å²) in [6.07, 6.45) is 0.239. The molecule has 0 spiro atoms. The predicted molar refractivity (Wildman–Crippen MR) is 130 cm³/mol. The molecule has 2 N–H and O–H groups in total. The van der Waals surface area contributed by atoms with Crippen LogP contribution in [0.3, 0.4) is 0 Å². The van der Waals surface area contributed by atoms with E-state index in [9.17, 15) is 37.3 Å².